The van der Waals surface area contributed by atoms with Gasteiger partial charge in [-0.05, 0) is 18.2 Å². The number of benzene rings is 1. The highest BCUT2D eigenvalue weighted by atomic mass is 19.3. The Morgan fingerprint density at radius 3 is 2.72 bits per heavy atom. The van der Waals surface area contributed by atoms with Gasteiger partial charge in [-0.3, -0.25) is 10.1 Å². The molecular formula is C18H12F2N8O. The van der Waals surface area contributed by atoms with Crippen molar-refractivity contribution in [3.05, 3.63) is 60.5 Å². The number of aromatic amines is 1. The van der Waals surface area contributed by atoms with Crippen LogP contribution in [0.1, 0.15) is 18.0 Å². The quantitative estimate of drug-likeness (QED) is 0.487. The van der Waals surface area contributed by atoms with Crippen molar-refractivity contribution >= 4 is 10.9 Å². The maximum atomic E-state index is 12.6. The van der Waals surface area contributed by atoms with Crippen LogP contribution in [-0.2, 0) is 6.54 Å². The summed E-state index contributed by atoms with van der Waals surface area (Å²) in [5.74, 6) is -0.718. The highest BCUT2D eigenvalue weighted by Crippen LogP contribution is 2.23. The van der Waals surface area contributed by atoms with Crippen LogP contribution in [0.5, 0.6) is 0 Å². The predicted octanol–water partition coefficient (Wildman–Crippen LogP) is 3.25. The van der Waals surface area contributed by atoms with Gasteiger partial charge in [-0.2, -0.15) is 13.9 Å². The van der Waals surface area contributed by atoms with Crippen LogP contribution in [-0.4, -0.2) is 40.4 Å². The highest BCUT2D eigenvalue weighted by Gasteiger charge is 2.17. The molecule has 1 N–H and O–H groups in total. The van der Waals surface area contributed by atoms with E-state index in [2.05, 4.69) is 35.7 Å². The Labute approximate surface area is 161 Å². The molecule has 11 heteroatoms. The average Bonchev–Trinajstić information content (AvgIpc) is 3.48. The van der Waals surface area contributed by atoms with Gasteiger partial charge in [-0.25, -0.2) is 4.68 Å². The van der Waals surface area contributed by atoms with E-state index in [1.165, 1.54) is 6.20 Å². The van der Waals surface area contributed by atoms with Crippen LogP contribution in [0, 0.1) is 0 Å². The van der Waals surface area contributed by atoms with Gasteiger partial charge in [0.1, 0.15) is 5.69 Å². The molecule has 9 nitrogen and oxygen atoms in total. The fourth-order valence-corrected chi connectivity index (χ4v) is 2.85. The highest BCUT2D eigenvalue weighted by molar-refractivity contribution is 5.82. The molecule has 29 heavy (non-hydrogen) atoms. The van der Waals surface area contributed by atoms with E-state index in [1.54, 1.807) is 23.0 Å². The molecule has 0 amide bonds. The van der Waals surface area contributed by atoms with Crippen molar-refractivity contribution in [3.8, 4) is 22.7 Å². The molecular weight excluding hydrogens is 382 g/mol. The van der Waals surface area contributed by atoms with Crippen LogP contribution >= 0.6 is 0 Å². The molecule has 5 aromatic rings. The second kappa shape index (κ2) is 6.86. The zero-order valence-corrected chi connectivity index (χ0v) is 14.7. The van der Waals surface area contributed by atoms with E-state index in [4.69, 9.17) is 4.42 Å². The van der Waals surface area contributed by atoms with Crippen LogP contribution < -0.4 is 0 Å². The molecule has 1 aromatic carbocycles. The number of rotatable bonds is 5. The average molecular weight is 394 g/mol. The fraction of sp³-hybridized carbons (Fsp3) is 0.111. The number of pyridine rings is 1. The number of alkyl halides is 2. The molecule has 5 rings (SSSR count). The lowest BCUT2D eigenvalue weighted by Crippen LogP contribution is -2.02. The summed E-state index contributed by atoms with van der Waals surface area (Å²) in [5.41, 5.74) is 3.74. The fourth-order valence-electron chi connectivity index (χ4n) is 2.85. The van der Waals surface area contributed by atoms with Gasteiger partial charge in [0, 0.05) is 17.1 Å². The van der Waals surface area contributed by atoms with Crippen LogP contribution in [0.25, 0.3) is 33.6 Å². The number of hydrogen-bond acceptors (Lipinski definition) is 7. The van der Waals surface area contributed by atoms with E-state index in [-0.39, 0.29) is 5.89 Å². The van der Waals surface area contributed by atoms with Crippen LogP contribution in [0.4, 0.5) is 8.78 Å². The Bertz CT molecular complexity index is 1270. The van der Waals surface area contributed by atoms with Gasteiger partial charge < -0.3 is 4.42 Å². The smallest absolute Gasteiger partial charge is 0.314 e. The van der Waals surface area contributed by atoms with Crippen molar-refractivity contribution in [2.45, 2.75) is 13.0 Å². The first-order valence-electron chi connectivity index (χ1n) is 8.56. The number of nitrogens with zero attached hydrogens (tertiary/aromatic N) is 7. The van der Waals surface area contributed by atoms with Gasteiger partial charge in [-0.1, -0.05) is 17.3 Å². The molecule has 0 aliphatic heterocycles. The third-order valence-corrected chi connectivity index (χ3v) is 4.30. The summed E-state index contributed by atoms with van der Waals surface area (Å²) in [6.45, 7) is 0.395. The summed E-state index contributed by atoms with van der Waals surface area (Å²) in [4.78, 5) is 4.30. The summed E-state index contributed by atoms with van der Waals surface area (Å²) >= 11 is 0. The first-order valence-corrected chi connectivity index (χ1v) is 8.56. The van der Waals surface area contributed by atoms with Crippen molar-refractivity contribution in [2.75, 3.05) is 0 Å². The summed E-state index contributed by atoms with van der Waals surface area (Å²) in [5, 5.41) is 23.2. The van der Waals surface area contributed by atoms with Gasteiger partial charge in [0.25, 0.3) is 5.89 Å². The summed E-state index contributed by atoms with van der Waals surface area (Å²) in [7, 11) is 0. The Kier molecular flexibility index (Phi) is 4.04. The van der Waals surface area contributed by atoms with E-state index in [0.29, 0.717) is 17.8 Å². The lowest BCUT2D eigenvalue weighted by Gasteiger charge is -2.01. The third-order valence-electron chi connectivity index (χ3n) is 4.30. The Hall–Kier alpha value is -4.02. The Morgan fingerprint density at radius 2 is 1.93 bits per heavy atom. The first-order chi connectivity index (χ1) is 14.2. The van der Waals surface area contributed by atoms with Crippen molar-refractivity contribution in [1.29, 1.82) is 0 Å². The van der Waals surface area contributed by atoms with Gasteiger partial charge in [-0.15, -0.1) is 15.3 Å². The minimum absolute atomic E-state index is 0.00316. The van der Waals surface area contributed by atoms with Crippen molar-refractivity contribution in [3.63, 3.8) is 0 Å². The standard InChI is InChI=1S/C18H12F2N8O/c19-16(20)18-26-25-17(29-18)12-3-4-13(21-6-12)8-28-9-15(24-27-28)10-1-2-11-7-22-23-14(11)5-10/h1-7,9,16H,8H2,(H,22,23). The first kappa shape index (κ1) is 17.1. The van der Waals surface area contributed by atoms with Crippen LogP contribution in [0.15, 0.2) is 53.3 Å². The lowest BCUT2D eigenvalue weighted by molar-refractivity contribution is 0.116. The number of fused-ring (bicyclic) bond motifs is 1. The third kappa shape index (κ3) is 3.33. The van der Waals surface area contributed by atoms with E-state index in [0.717, 1.165) is 22.2 Å². The lowest BCUT2D eigenvalue weighted by atomic mass is 10.1. The minimum Gasteiger partial charge on any atom is -0.415 e. The molecule has 0 aliphatic rings. The normalized spacial score (nSPS) is 11.6. The molecule has 0 saturated heterocycles. The molecule has 0 radical (unpaired) electrons. The summed E-state index contributed by atoms with van der Waals surface area (Å²) < 4.78 is 31.7. The molecule has 0 fully saturated rings. The predicted molar refractivity (Wildman–Crippen MR) is 96.7 cm³/mol. The number of hydrogen-bond donors (Lipinski definition) is 1. The molecule has 0 unspecified atom stereocenters. The van der Waals surface area contributed by atoms with E-state index >= 15 is 0 Å². The summed E-state index contributed by atoms with van der Waals surface area (Å²) in [6.07, 6.45) is 2.26. The maximum absolute atomic E-state index is 12.6. The largest absolute Gasteiger partial charge is 0.415 e. The molecule has 4 heterocycles. The number of aromatic nitrogens is 8. The van der Waals surface area contributed by atoms with E-state index in [9.17, 15) is 8.78 Å². The van der Waals surface area contributed by atoms with Gasteiger partial charge in [0.2, 0.25) is 5.89 Å². The second-order valence-electron chi connectivity index (χ2n) is 6.26. The van der Waals surface area contributed by atoms with E-state index < -0.39 is 12.3 Å². The molecule has 0 spiro atoms. The number of halogens is 2. The topological polar surface area (TPSA) is 111 Å². The van der Waals surface area contributed by atoms with Crippen LogP contribution in [0.2, 0.25) is 0 Å². The SMILES string of the molecule is FC(F)c1nnc(-c2ccc(Cn3cc(-c4ccc5cn[nH]c5c4)nn3)nc2)o1. The van der Waals surface area contributed by atoms with E-state index in [1.807, 2.05) is 24.4 Å². The number of nitrogens with one attached hydrogen (secondary N) is 1. The Balaban J connectivity index is 1.32. The molecule has 0 atom stereocenters. The van der Waals surface area contributed by atoms with Crippen molar-refractivity contribution < 1.29 is 13.2 Å². The van der Waals surface area contributed by atoms with Crippen molar-refractivity contribution in [1.82, 2.24) is 40.4 Å². The van der Waals surface area contributed by atoms with Gasteiger partial charge >= 0.3 is 6.43 Å². The molecule has 144 valence electrons. The van der Waals surface area contributed by atoms with Crippen molar-refractivity contribution in [2.24, 2.45) is 0 Å². The molecule has 0 aliphatic carbocycles. The minimum atomic E-state index is -2.81. The second-order valence-corrected chi connectivity index (χ2v) is 6.26. The maximum Gasteiger partial charge on any atom is 0.314 e. The molecule has 0 saturated carbocycles. The molecule has 0 bridgehead atoms. The summed E-state index contributed by atoms with van der Waals surface area (Å²) in [6, 6.07) is 9.29. The van der Waals surface area contributed by atoms with Gasteiger partial charge in [0.15, 0.2) is 0 Å². The number of H-pyrrole nitrogens is 1. The van der Waals surface area contributed by atoms with Gasteiger partial charge in [0.05, 0.1) is 35.7 Å². The Morgan fingerprint density at radius 1 is 1.03 bits per heavy atom. The molecule has 4 aromatic heterocycles. The zero-order valence-electron chi connectivity index (χ0n) is 14.7. The zero-order chi connectivity index (χ0) is 19.8. The monoisotopic (exact) mass is 394 g/mol. The van der Waals surface area contributed by atoms with Crippen LogP contribution in [0.3, 0.4) is 0 Å².